The van der Waals surface area contributed by atoms with Crippen molar-refractivity contribution in [2.24, 2.45) is 11.8 Å². The number of benzene rings is 1. The maximum atomic E-state index is 2.38. The van der Waals surface area contributed by atoms with Crippen LogP contribution in [0.3, 0.4) is 0 Å². The van der Waals surface area contributed by atoms with Crippen molar-refractivity contribution >= 4 is 0 Å². The Morgan fingerprint density at radius 1 is 1.20 bits per heavy atom. The van der Waals surface area contributed by atoms with E-state index in [4.69, 9.17) is 0 Å². The highest BCUT2D eigenvalue weighted by Crippen LogP contribution is 2.30. The Balaban J connectivity index is 1.69. The summed E-state index contributed by atoms with van der Waals surface area (Å²) in [5.74, 6) is 1.79. The minimum absolute atomic E-state index is 0.869. The van der Waals surface area contributed by atoms with Crippen molar-refractivity contribution in [2.75, 3.05) is 0 Å². The van der Waals surface area contributed by atoms with Gasteiger partial charge < -0.3 is 0 Å². The number of hydrogen-bond acceptors (Lipinski definition) is 0. The molecule has 3 rings (SSSR count). The zero-order valence-electron chi connectivity index (χ0n) is 12.6. The molecule has 2 heteroatoms. The maximum Gasteiger partial charge on any atom is 0.248 e. The number of imidazole rings is 1. The van der Waals surface area contributed by atoms with Gasteiger partial charge in [-0.2, -0.15) is 0 Å². The minimum atomic E-state index is 0.869. The lowest BCUT2D eigenvalue weighted by Gasteiger charge is -2.05. The normalized spacial score (nSPS) is 22.3. The molecule has 0 saturated heterocycles. The van der Waals surface area contributed by atoms with Crippen LogP contribution in [0.5, 0.6) is 0 Å². The van der Waals surface area contributed by atoms with Crippen LogP contribution in [0.15, 0.2) is 43.0 Å². The average Bonchev–Trinajstić information content (AvgIpc) is 3.09. The van der Waals surface area contributed by atoms with E-state index in [2.05, 4.69) is 66.0 Å². The summed E-state index contributed by atoms with van der Waals surface area (Å²) in [5, 5.41) is 0. The summed E-state index contributed by atoms with van der Waals surface area (Å²) in [7, 11) is 0. The van der Waals surface area contributed by atoms with E-state index in [0.717, 1.165) is 18.3 Å². The minimum Gasteiger partial charge on any atom is -0.236 e. The van der Waals surface area contributed by atoms with Crippen LogP contribution in [0.1, 0.15) is 38.7 Å². The molecule has 1 aromatic carbocycles. The molecule has 1 heterocycles. The van der Waals surface area contributed by atoms with E-state index in [1.165, 1.54) is 37.1 Å². The van der Waals surface area contributed by atoms with Crippen LogP contribution in [-0.4, -0.2) is 4.57 Å². The second-order valence-corrected chi connectivity index (χ2v) is 6.32. The fourth-order valence-corrected chi connectivity index (χ4v) is 3.35. The number of aromatic nitrogens is 2. The highest BCUT2D eigenvalue weighted by Gasteiger charge is 2.23. The average molecular weight is 269 g/mol. The molecule has 2 atom stereocenters. The van der Waals surface area contributed by atoms with Crippen LogP contribution < -0.4 is 4.57 Å². The number of hydrogen-bond donors (Lipinski definition) is 0. The Bertz CT molecular complexity index is 553. The smallest absolute Gasteiger partial charge is 0.236 e. The molecule has 0 radical (unpaired) electrons. The highest BCUT2D eigenvalue weighted by atomic mass is 15.1. The molecule has 2 nitrogen and oxygen atoms in total. The molecule has 1 aromatic heterocycles. The molecule has 2 unspecified atom stereocenters. The molecule has 20 heavy (non-hydrogen) atoms. The molecule has 1 fully saturated rings. The van der Waals surface area contributed by atoms with Gasteiger partial charge in [-0.3, -0.25) is 0 Å². The van der Waals surface area contributed by atoms with Crippen molar-refractivity contribution in [1.29, 1.82) is 0 Å². The van der Waals surface area contributed by atoms with Gasteiger partial charge in [-0.25, -0.2) is 9.13 Å². The molecule has 2 aromatic rings. The summed E-state index contributed by atoms with van der Waals surface area (Å²) < 4.78 is 4.56. The Labute approximate surface area is 122 Å². The lowest BCUT2D eigenvalue weighted by molar-refractivity contribution is -0.702. The Morgan fingerprint density at radius 2 is 2.00 bits per heavy atom. The Kier molecular flexibility index (Phi) is 3.90. The van der Waals surface area contributed by atoms with Gasteiger partial charge in [-0.1, -0.05) is 32.4 Å². The van der Waals surface area contributed by atoms with E-state index in [9.17, 15) is 0 Å². The van der Waals surface area contributed by atoms with E-state index in [0.29, 0.717) is 0 Å². The highest BCUT2D eigenvalue weighted by molar-refractivity contribution is 5.34. The topological polar surface area (TPSA) is 8.81 Å². The van der Waals surface area contributed by atoms with Crippen LogP contribution in [0, 0.1) is 11.8 Å². The second-order valence-electron chi connectivity index (χ2n) is 6.32. The third-order valence-corrected chi connectivity index (χ3v) is 4.61. The van der Waals surface area contributed by atoms with Crippen molar-refractivity contribution in [2.45, 2.75) is 46.1 Å². The van der Waals surface area contributed by atoms with Gasteiger partial charge in [-0.15, -0.1) is 0 Å². The lowest BCUT2D eigenvalue weighted by Crippen LogP contribution is -2.34. The zero-order valence-corrected chi connectivity index (χ0v) is 12.6. The summed E-state index contributed by atoms with van der Waals surface area (Å²) in [6, 6.07) is 8.86. The zero-order chi connectivity index (χ0) is 13.9. The number of nitrogens with zero attached hydrogens (tertiary/aromatic N) is 2. The first kappa shape index (κ1) is 13.4. The lowest BCUT2D eigenvalue weighted by atomic mass is 10.1. The van der Waals surface area contributed by atoms with Crippen LogP contribution in [0.25, 0.3) is 5.69 Å². The van der Waals surface area contributed by atoms with E-state index in [-0.39, 0.29) is 0 Å². The van der Waals surface area contributed by atoms with Crippen molar-refractivity contribution in [3.8, 4) is 5.69 Å². The van der Waals surface area contributed by atoms with Gasteiger partial charge in [0.2, 0.25) is 6.33 Å². The van der Waals surface area contributed by atoms with Gasteiger partial charge in [0, 0.05) is 0 Å². The molecule has 1 saturated carbocycles. The first-order valence-corrected chi connectivity index (χ1v) is 7.91. The first-order valence-electron chi connectivity index (χ1n) is 7.91. The molecule has 106 valence electrons. The summed E-state index contributed by atoms with van der Waals surface area (Å²) in [6.45, 7) is 5.75. The van der Waals surface area contributed by atoms with E-state index in [1.807, 2.05) is 0 Å². The monoisotopic (exact) mass is 269 g/mol. The van der Waals surface area contributed by atoms with Gasteiger partial charge in [0.15, 0.2) is 0 Å². The standard InChI is InChI=1S/C18H25N2/c1-3-16-6-8-18(9-7-16)20-11-10-19(14-20)13-17-5-4-15(2)12-17/h6-11,14-15,17H,3-5,12-13H2,1-2H3/q+1. The quantitative estimate of drug-likeness (QED) is 0.747. The van der Waals surface area contributed by atoms with E-state index < -0.39 is 0 Å². The van der Waals surface area contributed by atoms with Gasteiger partial charge in [0.25, 0.3) is 0 Å². The fourth-order valence-electron chi connectivity index (χ4n) is 3.35. The molecular weight excluding hydrogens is 244 g/mol. The van der Waals surface area contributed by atoms with Gasteiger partial charge in [0.1, 0.15) is 18.1 Å². The van der Waals surface area contributed by atoms with Gasteiger partial charge in [-0.05, 0) is 48.8 Å². The molecular formula is C18H25N2+. The molecule has 0 spiro atoms. The summed E-state index contributed by atoms with van der Waals surface area (Å²) in [4.78, 5) is 0. The van der Waals surface area contributed by atoms with Gasteiger partial charge >= 0.3 is 0 Å². The molecule has 0 amide bonds. The number of rotatable bonds is 4. The maximum absolute atomic E-state index is 2.38. The Hall–Kier alpha value is -1.57. The van der Waals surface area contributed by atoms with E-state index in [1.54, 1.807) is 0 Å². The molecule has 0 N–H and O–H groups in total. The Morgan fingerprint density at radius 3 is 2.65 bits per heavy atom. The molecule has 1 aliphatic carbocycles. The third-order valence-electron chi connectivity index (χ3n) is 4.61. The van der Waals surface area contributed by atoms with Crippen LogP contribution in [0.2, 0.25) is 0 Å². The van der Waals surface area contributed by atoms with Gasteiger partial charge in [0.05, 0.1) is 6.54 Å². The summed E-state index contributed by atoms with van der Waals surface area (Å²) in [6.07, 6.45) is 11.9. The SMILES string of the molecule is CCc1ccc(-n2cc[n+](CC3CCC(C)C3)c2)cc1. The largest absolute Gasteiger partial charge is 0.248 e. The van der Waals surface area contributed by atoms with Crippen LogP contribution in [-0.2, 0) is 13.0 Å². The summed E-state index contributed by atoms with van der Waals surface area (Å²) >= 11 is 0. The van der Waals surface area contributed by atoms with Crippen LogP contribution in [0.4, 0.5) is 0 Å². The molecule has 0 aliphatic heterocycles. The number of aryl methyl sites for hydroxylation is 1. The van der Waals surface area contributed by atoms with E-state index >= 15 is 0 Å². The first-order chi connectivity index (χ1) is 9.74. The van der Waals surface area contributed by atoms with Crippen molar-refractivity contribution in [1.82, 2.24) is 4.57 Å². The van der Waals surface area contributed by atoms with Crippen molar-refractivity contribution in [3.05, 3.63) is 48.5 Å². The van der Waals surface area contributed by atoms with Crippen molar-refractivity contribution in [3.63, 3.8) is 0 Å². The van der Waals surface area contributed by atoms with Crippen LogP contribution >= 0.6 is 0 Å². The fraction of sp³-hybridized carbons (Fsp3) is 0.500. The predicted molar refractivity (Wildman–Crippen MR) is 81.8 cm³/mol. The summed E-state index contributed by atoms with van der Waals surface area (Å²) in [5.41, 5.74) is 2.65. The second kappa shape index (κ2) is 5.82. The predicted octanol–water partition coefficient (Wildman–Crippen LogP) is 3.76. The third kappa shape index (κ3) is 2.95. The molecule has 0 bridgehead atoms. The van der Waals surface area contributed by atoms with Crippen molar-refractivity contribution < 1.29 is 4.57 Å². The molecule has 1 aliphatic rings.